The van der Waals surface area contributed by atoms with Crippen molar-refractivity contribution in [3.05, 3.63) is 58.9 Å². The van der Waals surface area contributed by atoms with Crippen molar-refractivity contribution in [3.8, 4) is 5.75 Å². The Morgan fingerprint density at radius 2 is 2.00 bits per heavy atom. The normalized spacial score (nSPS) is 10.1. The molecule has 98 valence electrons. The molecule has 5 heteroatoms. The molecule has 1 amide bonds. The summed E-state index contributed by atoms with van der Waals surface area (Å²) in [5.74, 6) is -0.412. The minimum Gasteiger partial charge on any atom is -0.496 e. The van der Waals surface area contributed by atoms with Crippen LogP contribution in [-0.2, 0) is 0 Å². The van der Waals surface area contributed by atoms with Crippen LogP contribution in [0.2, 0.25) is 5.02 Å². The van der Waals surface area contributed by atoms with Crippen molar-refractivity contribution >= 4 is 23.2 Å². The summed E-state index contributed by atoms with van der Waals surface area (Å²) in [4.78, 5) is 12.1. The zero-order chi connectivity index (χ0) is 13.8. The average molecular weight is 280 g/mol. The number of hydrogen-bond donors (Lipinski definition) is 1. The van der Waals surface area contributed by atoms with Crippen LogP contribution in [0.15, 0.2) is 42.5 Å². The molecule has 0 aliphatic rings. The second-order valence-corrected chi connectivity index (χ2v) is 4.19. The van der Waals surface area contributed by atoms with Gasteiger partial charge in [-0.25, -0.2) is 4.39 Å². The molecule has 0 unspecified atom stereocenters. The molecule has 1 N–H and O–H groups in total. The average Bonchev–Trinajstić information content (AvgIpc) is 2.43. The highest BCUT2D eigenvalue weighted by Gasteiger charge is 2.12. The Kier molecular flexibility index (Phi) is 4.02. The van der Waals surface area contributed by atoms with Gasteiger partial charge in [-0.2, -0.15) is 0 Å². The summed E-state index contributed by atoms with van der Waals surface area (Å²) >= 11 is 5.65. The fraction of sp³-hybridized carbons (Fsp3) is 0.0714. The van der Waals surface area contributed by atoms with Gasteiger partial charge in [0.25, 0.3) is 5.91 Å². The summed E-state index contributed by atoms with van der Waals surface area (Å²) in [7, 11) is 1.49. The molecule has 0 aliphatic carbocycles. The van der Waals surface area contributed by atoms with Crippen molar-refractivity contribution in [3.63, 3.8) is 0 Å². The predicted molar refractivity (Wildman–Crippen MR) is 72.4 cm³/mol. The largest absolute Gasteiger partial charge is 0.496 e. The SMILES string of the molecule is COc1ccccc1C(=O)Nc1ccc(F)c(Cl)c1. The van der Waals surface area contributed by atoms with E-state index in [0.717, 1.165) is 0 Å². The maximum atomic E-state index is 13.0. The van der Waals surface area contributed by atoms with Crippen molar-refractivity contribution in [2.75, 3.05) is 12.4 Å². The van der Waals surface area contributed by atoms with Gasteiger partial charge in [0, 0.05) is 5.69 Å². The number of benzene rings is 2. The summed E-state index contributed by atoms with van der Waals surface area (Å²) < 4.78 is 18.1. The Morgan fingerprint density at radius 3 is 2.68 bits per heavy atom. The van der Waals surface area contributed by atoms with Gasteiger partial charge in [-0.3, -0.25) is 4.79 Å². The maximum Gasteiger partial charge on any atom is 0.259 e. The minimum absolute atomic E-state index is 0.0437. The quantitative estimate of drug-likeness (QED) is 0.929. The van der Waals surface area contributed by atoms with Gasteiger partial charge in [0.2, 0.25) is 0 Å². The number of nitrogens with one attached hydrogen (secondary N) is 1. The van der Waals surface area contributed by atoms with Crippen LogP contribution in [0.1, 0.15) is 10.4 Å². The van der Waals surface area contributed by atoms with E-state index in [9.17, 15) is 9.18 Å². The number of carbonyl (C=O) groups is 1. The smallest absolute Gasteiger partial charge is 0.259 e. The Balaban J connectivity index is 2.23. The van der Waals surface area contributed by atoms with E-state index in [1.165, 1.54) is 25.3 Å². The highest BCUT2D eigenvalue weighted by molar-refractivity contribution is 6.31. The van der Waals surface area contributed by atoms with Crippen molar-refractivity contribution in [1.29, 1.82) is 0 Å². The molecule has 19 heavy (non-hydrogen) atoms. The Labute approximate surface area is 115 Å². The number of hydrogen-bond acceptors (Lipinski definition) is 2. The predicted octanol–water partition coefficient (Wildman–Crippen LogP) is 3.74. The number of anilines is 1. The highest BCUT2D eigenvalue weighted by atomic mass is 35.5. The summed E-state index contributed by atoms with van der Waals surface area (Å²) in [5.41, 5.74) is 0.813. The first-order valence-electron chi connectivity index (χ1n) is 5.51. The lowest BCUT2D eigenvalue weighted by molar-refractivity contribution is 0.102. The van der Waals surface area contributed by atoms with Gasteiger partial charge in [-0.15, -0.1) is 0 Å². The zero-order valence-electron chi connectivity index (χ0n) is 10.1. The highest BCUT2D eigenvalue weighted by Crippen LogP contribution is 2.22. The first-order valence-corrected chi connectivity index (χ1v) is 5.89. The summed E-state index contributed by atoms with van der Waals surface area (Å²) in [6.45, 7) is 0. The molecule has 0 heterocycles. The zero-order valence-corrected chi connectivity index (χ0v) is 10.9. The van der Waals surface area contributed by atoms with E-state index in [0.29, 0.717) is 17.0 Å². The standard InChI is InChI=1S/C14H11ClFNO2/c1-19-13-5-3-2-4-10(13)14(18)17-9-6-7-12(16)11(15)8-9/h2-8H,1H3,(H,17,18). The third kappa shape index (κ3) is 3.03. The number of halogens is 2. The van der Waals surface area contributed by atoms with E-state index in [4.69, 9.17) is 16.3 Å². The third-order valence-corrected chi connectivity index (χ3v) is 2.82. The maximum absolute atomic E-state index is 13.0. The van der Waals surface area contributed by atoms with Gasteiger partial charge in [-0.05, 0) is 30.3 Å². The van der Waals surface area contributed by atoms with Crippen LogP contribution < -0.4 is 10.1 Å². The van der Waals surface area contributed by atoms with E-state index in [1.54, 1.807) is 24.3 Å². The van der Waals surface area contributed by atoms with Crippen LogP contribution in [0.25, 0.3) is 0 Å². The molecule has 2 aromatic carbocycles. The Morgan fingerprint density at radius 1 is 1.26 bits per heavy atom. The third-order valence-electron chi connectivity index (χ3n) is 2.53. The molecule has 0 aromatic heterocycles. The van der Waals surface area contributed by atoms with E-state index in [2.05, 4.69) is 5.32 Å². The molecule has 0 fully saturated rings. The van der Waals surface area contributed by atoms with Gasteiger partial charge in [0.1, 0.15) is 11.6 Å². The first kappa shape index (κ1) is 13.4. The minimum atomic E-state index is -0.531. The number of rotatable bonds is 3. The van der Waals surface area contributed by atoms with Crippen molar-refractivity contribution in [2.24, 2.45) is 0 Å². The summed E-state index contributed by atoms with van der Waals surface area (Å²) in [6, 6.07) is 10.8. The summed E-state index contributed by atoms with van der Waals surface area (Å²) in [6.07, 6.45) is 0. The lowest BCUT2D eigenvalue weighted by atomic mass is 10.2. The van der Waals surface area contributed by atoms with Gasteiger partial charge >= 0.3 is 0 Å². The lowest BCUT2D eigenvalue weighted by Gasteiger charge is -2.09. The molecule has 0 radical (unpaired) electrons. The van der Waals surface area contributed by atoms with Gasteiger partial charge < -0.3 is 10.1 Å². The van der Waals surface area contributed by atoms with Crippen molar-refractivity contribution in [2.45, 2.75) is 0 Å². The topological polar surface area (TPSA) is 38.3 Å². The molecule has 2 rings (SSSR count). The fourth-order valence-electron chi connectivity index (χ4n) is 1.60. The summed E-state index contributed by atoms with van der Waals surface area (Å²) in [5, 5.41) is 2.59. The number of methoxy groups -OCH3 is 1. The van der Waals surface area contributed by atoms with Crippen LogP contribution in [0.5, 0.6) is 5.75 Å². The van der Waals surface area contributed by atoms with Gasteiger partial charge in [0.15, 0.2) is 0 Å². The Hall–Kier alpha value is -2.07. The second-order valence-electron chi connectivity index (χ2n) is 3.78. The monoisotopic (exact) mass is 279 g/mol. The molecule has 2 aromatic rings. The van der Waals surface area contributed by atoms with E-state index >= 15 is 0 Å². The molecule has 0 saturated heterocycles. The molecule has 3 nitrogen and oxygen atoms in total. The number of amides is 1. The van der Waals surface area contributed by atoms with E-state index in [1.807, 2.05) is 0 Å². The molecule has 0 saturated carbocycles. The van der Waals surface area contributed by atoms with E-state index < -0.39 is 5.82 Å². The number of para-hydroxylation sites is 1. The molecule has 0 spiro atoms. The molecule has 0 atom stereocenters. The van der Waals surface area contributed by atoms with Crippen LogP contribution in [-0.4, -0.2) is 13.0 Å². The molecular weight excluding hydrogens is 269 g/mol. The van der Waals surface area contributed by atoms with Crippen molar-refractivity contribution in [1.82, 2.24) is 0 Å². The van der Waals surface area contributed by atoms with Gasteiger partial charge in [-0.1, -0.05) is 23.7 Å². The Bertz CT molecular complexity index is 616. The van der Waals surface area contributed by atoms with Crippen LogP contribution >= 0.6 is 11.6 Å². The fourth-order valence-corrected chi connectivity index (χ4v) is 1.79. The molecule has 0 aliphatic heterocycles. The van der Waals surface area contributed by atoms with Crippen molar-refractivity contribution < 1.29 is 13.9 Å². The second kappa shape index (κ2) is 5.71. The number of carbonyl (C=O) groups excluding carboxylic acids is 1. The molecule has 0 bridgehead atoms. The molecular formula is C14H11ClFNO2. The first-order chi connectivity index (χ1) is 9.11. The van der Waals surface area contributed by atoms with Crippen LogP contribution in [0, 0.1) is 5.82 Å². The van der Waals surface area contributed by atoms with Crippen LogP contribution in [0.4, 0.5) is 10.1 Å². The lowest BCUT2D eigenvalue weighted by Crippen LogP contribution is -2.13. The van der Waals surface area contributed by atoms with Crippen LogP contribution in [0.3, 0.4) is 0 Å². The number of ether oxygens (including phenoxy) is 1. The van der Waals surface area contributed by atoms with Gasteiger partial charge in [0.05, 0.1) is 17.7 Å². The van der Waals surface area contributed by atoms with E-state index in [-0.39, 0.29) is 10.9 Å².